The van der Waals surface area contributed by atoms with E-state index in [1.54, 1.807) is 0 Å². The zero-order chi connectivity index (χ0) is 16.4. The molecule has 0 spiro atoms. The highest BCUT2D eigenvalue weighted by Crippen LogP contribution is 2.44. The quantitative estimate of drug-likeness (QED) is 0.836. The number of carbonyl (C=O) groups excluding carboxylic acids is 1. The van der Waals surface area contributed by atoms with E-state index in [0.717, 1.165) is 25.7 Å². The van der Waals surface area contributed by atoms with E-state index >= 15 is 0 Å². The Morgan fingerprint density at radius 1 is 1.23 bits per heavy atom. The maximum atomic E-state index is 12.7. The first-order valence-corrected chi connectivity index (χ1v) is 8.03. The van der Waals surface area contributed by atoms with Crippen molar-refractivity contribution in [3.8, 4) is 0 Å². The summed E-state index contributed by atoms with van der Waals surface area (Å²) in [6.45, 7) is 2.58. The zero-order valence-corrected chi connectivity index (χ0v) is 13.0. The number of alkyl halides is 3. The minimum atomic E-state index is -4.63. The molecule has 1 saturated heterocycles. The summed E-state index contributed by atoms with van der Waals surface area (Å²) in [5.41, 5.74) is -2.46. The lowest BCUT2D eigenvalue weighted by Gasteiger charge is -2.43. The number of likely N-dealkylation sites (tertiary alicyclic amines) is 1. The van der Waals surface area contributed by atoms with Gasteiger partial charge in [-0.25, -0.2) is 4.79 Å². The van der Waals surface area contributed by atoms with E-state index in [4.69, 9.17) is 0 Å². The predicted molar refractivity (Wildman–Crippen MR) is 76.4 cm³/mol. The number of carbonyl (C=O) groups is 1. The maximum Gasteiger partial charge on any atom is 0.417 e. The number of piperidine rings is 1. The molecule has 0 aromatic rings. The Kier molecular flexibility index (Phi) is 4.94. The normalized spacial score (nSPS) is 23.8. The second-order valence-corrected chi connectivity index (χ2v) is 6.78. The molecule has 0 atom stereocenters. The third-order valence-electron chi connectivity index (χ3n) is 5.21. The van der Waals surface area contributed by atoms with Gasteiger partial charge in [-0.1, -0.05) is 19.8 Å². The molecule has 2 amide bonds. The number of amides is 2. The van der Waals surface area contributed by atoms with Crippen LogP contribution in [0.5, 0.6) is 0 Å². The second kappa shape index (κ2) is 6.26. The van der Waals surface area contributed by atoms with Gasteiger partial charge in [-0.15, -0.1) is 0 Å². The Balaban J connectivity index is 1.80. The Morgan fingerprint density at radius 3 is 2.23 bits per heavy atom. The van der Waals surface area contributed by atoms with Crippen molar-refractivity contribution in [1.82, 2.24) is 10.2 Å². The van der Waals surface area contributed by atoms with Crippen LogP contribution in [-0.2, 0) is 0 Å². The monoisotopic (exact) mass is 322 g/mol. The summed E-state index contributed by atoms with van der Waals surface area (Å²) in [6, 6.07) is -0.313. The molecule has 0 aromatic carbocycles. The second-order valence-electron chi connectivity index (χ2n) is 6.78. The number of hydrogen-bond acceptors (Lipinski definition) is 2. The molecule has 1 saturated carbocycles. The number of hydrogen-bond donors (Lipinski definition) is 2. The molecule has 2 aliphatic rings. The summed E-state index contributed by atoms with van der Waals surface area (Å²) in [5.74, 6) is 0. The van der Waals surface area contributed by atoms with Crippen molar-refractivity contribution >= 4 is 6.03 Å². The fraction of sp³-hybridized carbons (Fsp3) is 0.933. The number of halogens is 3. The van der Waals surface area contributed by atoms with Crippen molar-refractivity contribution in [2.45, 2.75) is 63.6 Å². The first-order valence-electron chi connectivity index (χ1n) is 8.03. The molecule has 1 aliphatic carbocycles. The molecule has 7 heteroatoms. The zero-order valence-electron chi connectivity index (χ0n) is 13.0. The van der Waals surface area contributed by atoms with Crippen molar-refractivity contribution < 1.29 is 23.1 Å². The summed E-state index contributed by atoms with van der Waals surface area (Å²) in [7, 11) is 0. The van der Waals surface area contributed by atoms with Crippen molar-refractivity contribution in [3.63, 3.8) is 0 Å². The SMILES string of the molecule is CCCC1(CNC(=O)N2CCC(O)(C(F)(F)F)CC2)CCC1. The molecule has 2 fully saturated rings. The van der Waals surface area contributed by atoms with Crippen LogP contribution in [0.25, 0.3) is 0 Å². The Bertz CT molecular complexity index is 400. The molecule has 22 heavy (non-hydrogen) atoms. The first-order chi connectivity index (χ1) is 10.2. The molecule has 2 N–H and O–H groups in total. The van der Waals surface area contributed by atoms with E-state index in [1.807, 2.05) is 0 Å². The molecule has 1 aliphatic heterocycles. The third-order valence-corrected chi connectivity index (χ3v) is 5.21. The number of rotatable bonds is 4. The number of nitrogens with zero attached hydrogens (tertiary/aromatic N) is 1. The predicted octanol–water partition coefficient (Wildman–Crippen LogP) is 3.06. The largest absolute Gasteiger partial charge is 0.417 e. The molecule has 0 aromatic heterocycles. The van der Waals surface area contributed by atoms with Crippen LogP contribution in [0.15, 0.2) is 0 Å². The highest BCUT2D eigenvalue weighted by atomic mass is 19.4. The van der Waals surface area contributed by atoms with E-state index < -0.39 is 24.6 Å². The summed E-state index contributed by atoms with van der Waals surface area (Å²) >= 11 is 0. The van der Waals surface area contributed by atoms with E-state index in [0.29, 0.717) is 6.54 Å². The van der Waals surface area contributed by atoms with Gasteiger partial charge < -0.3 is 15.3 Å². The van der Waals surface area contributed by atoms with Crippen molar-refractivity contribution in [1.29, 1.82) is 0 Å². The number of aliphatic hydroxyl groups is 1. The van der Waals surface area contributed by atoms with Gasteiger partial charge in [-0.2, -0.15) is 13.2 Å². The summed E-state index contributed by atoms with van der Waals surface area (Å²) in [4.78, 5) is 13.5. The van der Waals surface area contributed by atoms with Crippen molar-refractivity contribution in [2.75, 3.05) is 19.6 Å². The summed E-state index contributed by atoms with van der Waals surface area (Å²) in [6.07, 6.45) is -0.0118. The average Bonchev–Trinajstić information content (AvgIpc) is 2.41. The maximum absolute atomic E-state index is 12.7. The van der Waals surface area contributed by atoms with E-state index in [2.05, 4.69) is 12.2 Å². The van der Waals surface area contributed by atoms with Gasteiger partial charge in [0.15, 0.2) is 5.60 Å². The Morgan fingerprint density at radius 2 is 1.82 bits per heavy atom. The van der Waals surface area contributed by atoms with Gasteiger partial charge in [0.2, 0.25) is 0 Å². The highest BCUT2D eigenvalue weighted by Gasteiger charge is 2.55. The van der Waals surface area contributed by atoms with Gasteiger partial charge in [-0.3, -0.25) is 0 Å². The van der Waals surface area contributed by atoms with Crippen LogP contribution in [0.2, 0.25) is 0 Å². The number of urea groups is 1. The fourth-order valence-corrected chi connectivity index (χ4v) is 3.46. The molecule has 0 radical (unpaired) electrons. The molecule has 1 heterocycles. The van der Waals surface area contributed by atoms with Crippen molar-refractivity contribution in [3.05, 3.63) is 0 Å². The molecular formula is C15H25F3N2O2. The molecule has 4 nitrogen and oxygen atoms in total. The van der Waals surface area contributed by atoms with E-state index in [9.17, 15) is 23.1 Å². The molecule has 2 rings (SSSR count). The van der Waals surface area contributed by atoms with Crippen LogP contribution in [0, 0.1) is 5.41 Å². The topological polar surface area (TPSA) is 52.6 Å². The Labute approximate surface area is 129 Å². The van der Waals surface area contributed by atoms with E-state index in [-0.39, 0.29) is 24.5 Å². The van der Waals surface area contributed by atoms with Gasteiger partial charge in [0.05, 0.1) is 0 Å². The van der Waals surface area contributed by atoms with Gasteiger partial charge >= 0.3 is 12.2 Å². The molecular weight excluding hydrogens is 297 g/mol. The van der Waals surface area contributed by atoms with Gasteiger partial charge in [0, 0.05) is 32.5 Å². The molecule has 0 unspecified atom stereocenters. The standard InChI is InChI=1S/C15H25F3N2O2/c1-2-4-13(5-3-6-13)11-19-12(21)20-9-7-14(22,8-10-20)15(16,17)18/h22H,2-11H2,1H3,(H,19,21). The molecule has 128 valence electrons. The summed E-state index contributed by atoms with van der Waals surface area (Å²) in [5, 5.41) is 12.5. The smallest absolute Gasteiger partial charge is 0.380 e. The van der Waals surface area contributed by atoms with Crippen LogP contribution < -0.4 is 5.32 Å². The minimum absolute atomic E-state index is 0.0668. The van der Waals surface area contributed by atoms with Crippen LogP contribution >= 0.6 is 0 Å². The summed E-state index contributed by atoms with van der Waals surface area (Å²) < 4.78 is 38.2. The minimum Gasteiger partial charge on any atom is -0.380 e. The lowest BCUT2D eigenvalue weighted by molar-refractivity contribution is -0.271. The lowest BCUT2D eigenvalue weighted by atomic mass is 9.66. The van der Waals surface area contributed by atoms with Crippen LogP contribution in [0.4, 0.5) is 18.0 Å². The third kappa shape index (κ3) is 3.50. The first kappa shape index (κ1) is 17.4. The fourth-order valence-electron chi connectivity index (χ4n) is 3.46. The van der Waals surface area contributed by atoms with Gasteiger partial charge in [0.25, 0.3) is 0 Å². The average molecular weight is 322 g/mol. The van der Waals surface area contributed by atoms with Crippen LogP contribution in [0.1, 0.15) is 51.9 Å². The molecule has 0 bridgehead atoms. The lowest BCUT2D eigenvalue weighted by Crippen LogP contribution is -2.56. The number of nitrogens with one attached hydrogen (secondary N) is 1. The van der Waals surface area contributed by atoms with Gasteiger partial charge in [-0.05, 0) is 24.7 Å². The van der Waals surface area contributed by atoms with Crippen LogP contribution in [0.3, 0.4) is 0 Å². The Hall–Kier alpha value is -0.980. The van der Waals surface area contributed by atoms with Crippen LogP contribution in [-0.4, -0.2) is 47.4 Å². The highest BCUT2D eigenvalue weighted by molar-refractivity contribution is 5.74. The van der Waals surface area contributed by atoms with Crippen molar-refractivity contribution in [2.24, 2.45) is 5.41 Å². The van der Waals surface area contributed by atoms with E-state index in [1.165, 1.54) is 11.3 Å². The van der Waals surface area contributed by atoms with Gasteiger partial charge in [0.1, 0.15) is 0 Å².